The molecule has 0 spiro atoms. The predicted molar refractivity (Wildman–Crippen MR) is 95.6 cm³/mol. The third-order valence-electron chi connectivity index (χ3n) is 4.27. The second-order valence-corrected chi connectivity index (χ2v) is 5.89. The maximum absolute atomic E-state index is 12.2. The molecule has 7 heteroatoms. The van der Waals surface area contributed by atoms with Crippen LogP contribution in [0.3, 0.4) is 0 Å². The molecule has 1 aliphatic heterocycles. The number of likely N-dealkylation sites (tertiary alicyclic amines) is 1. The van der Waals surface area contributed by atoms with Crippen LogP contribution in [-0.2, 0) is 4.79 Å². The number of halogens is 1. The van der Waals surface area contributed by atoms with E-state index in [0.717, 1.165) is 32.5 Å². The Kier molecular flexibility index (Phi) is 8.57. The molecule has 0 aromatic heterocycles. The molecule has 2 amide bonds. The van der Waals surface area contributed by atoms with Gasteiger partial charge in [0, 0.05) is 18.7 Å². The molecule has 0 saturated carbocycles. The molecule has 2 rings (SSSR count). The quantitative estimate of drug-likeness (QED) is 0.775. The summed E-state index contributed by atoms with van der Waals surface area (Å²) in [7, 11) is 1.96. The van der Waals surface area contributed by atoms with E-state index >= 15 is 0 Å². The third kappa shape index (κ3) is 6.02. The monoisotopic (exact) mass is 355 g/mol. The Morgan fingerprint density at radius 3 is 2.42 bits per heavy atom. The highest BCUT2D eigenvalue weighted by atomic mass is 35.5. The van der Waals surface area contributed by atoms with Gasteiger partial charge in [0.1, 0.15) is 5.75 Å². The fourth-order valence-electron chi connectivity index (χ4n) is 2.77. The first-order valence-corrected chi connectivity index (χ1v) is 8.05. The van der Waals surface area contributed by atoms with Gasteiger partial charge in [-0.15, -0.1) is 12.4 Å². The zero-order chi connectivity index (χ0) is 16.7. The van der Waals surface area contributed by atoms with E-state index in [1.54, 1.807) is 24.3 Å². The number of piperidine rings is 1. The van der Waals surface area contributed by atoms with Crippen molar-refractivity contribution in [3.05, 3.63) is 29.8 Å². The summed E-state index contributed by atoms with van der Waals surface area (Å²) in [6.45, 7) is 2.66. The van der Waals surface area contributed by atoms with Gasteiger partial charge in [-0.25, -0.2) is 0 Å². The van der Waals surface area contributed by atoms with Crippen molar-refractivity contribution in [2.24, 2.45) is 11.7 Å². The van der Waals surface area contributed by atoms with Gasteiger partial charge in [-0.05, 0) is 63.0 Å². The lowest BCUT2D eigenvalue weighted by Crippen LogP contribution is -2.41. The van der Waals surface area contributed by atoms with Crippen LogP contribution in [0.2, 0.25) is 0 Å². The second kappa shape index (κ2) is 10.2. The summed E-state index contributed by atoms with van der Waals surface area (Å²) in [4.78, 5) is 25.0. The van der Waals surface area contributed by atoms with Gasteiger partial charge in [-0.3, -0.25) is 9.59 Å². The molecule has 3 N–H and O–H groups in total. The van der Waals surface area contributed by atoms with Crippen LogP contribution < -0.4 is 15.8 Å². The fourth-order valence-corrected chi connectivity index (χ4v) is 2.77. The number of hydrogen-bond donors (Lipinski definition) is 2. The number of carbonyl (C=O) groups excluding carboxylic acids is 2. The summed E-state index contributed by atoms with van der Waals surface area (Å²) in [6, 6.07) is 6.49. The molecular weight excluding hydrogens is 330 g/mol. The molecule has 1 aromatic carbocycles. The van der Waals surface area contributed by atoms with Gasteiger partial charge in [-0.2, -0.15) is 0 Å². The Labute approximate surface area is 149 Å². The van der Waals surface area contributed by atoms with E-state index in [9.17, 15) is 9.59 Å². The summed E-state index contributed by atoms with van der Waals surface area (Å²) in [5.41, 5.74) is 5.60. The molecule has 1 heterocycles. The first-order valence-electron chi connectivity index (χ1n) is 8.05. The SMILES string of the molecule is CNCCC1CCN(C(=O)COc2ccc(C(N)=O)cc2)CC1.Cl. The number of nitrogens with two attached hydrogens (primary N) is 1. The van der Waals surface area contributed by atoms with E-state index in [1.165, 1.54) is 6.42 Å². The van der Waals surface area contributed by atoms with Gasteiger partial charge >= 0.3 is 0 Å². The highest BCUT2D eigenvalue weighted by Crippen LogP contribution is 2.20. The summed E-state index contributed by atoms with van der Waals surface area (Å²) in [5, 5.41) is 3.17. The maximum atomic E-state index is 12.2. The van der Waals surface area contributed by atoms with Crippen LogP contribution in [0.25, 0.3) is 0 Å². The summed E-state index contributed by atoms with van der Waals surface area (Å²) in [6.07, 6.45) is 3.28. The van der Waals surface area contributed by atoms with E-state index in [4.69, 9.17) is 10.5 Å². The van der Waals surface area contributed by atoms with Crippen LogP contribution in [-0.4, -0.2) is 50.0 Å². The molecule has 6 nitrogen and oxygen atoms in total. The predicted octanol–water partition coefficient (Wildman–Crippen LogP) is 1.43. The molecule has 24 heavy (non-hydrogen) atoms. The highest BCUT2D eigenvalue weighted by molar-refractivity contribution is 5.92. The topological polar surface area (TPSA) is 84.7 Å². The van der Waals surface area contributed by atoms with E-state index in [0.29, 0.717) is 17.2 Å². The minimum absolute atomic E-state index is 0. The van der Waals surface area contributed by atoms with Crippen molar-refractivity contribution in [1.82, 2.24) is 10.2 Å². The number of ether oxygens (including phenoxy) is 1. The van der Waals surface area contributed by atoms with Gasteiger partial charge in [0.25, 0.3) is 5.91 Å². The number of nitrogens with one attached hydrogen (secondary N) is 1. The van der Waals surface area contributed by atoms with Gasteiger partial charge in [0.05, 0.1) is 0 Å². The van der Waals surface area contributed by atoms with Crippen LogP contribution in [0.15, 0.2) is 24.3 Å². The Morgan fingerprint density at radius 1 is 1.25 bits per heavy atom. The molecule has 0 bridgehead atoms. The number of hydrogen-bond acceptors (Lipinski definition) is 4. The van der Waals surface area contributed by atoms with Crippen molar-refractivity contribution < 1.29 is 14.3 Å². The van der Waals surface area contributed by atoms with Crippen molar-refractivity contribution in [2.45, 2.75) is 19.3 Å². The second-order valence-electron chi connectivity index (χ2n) is 5.89. The zero-order valence-electron chi connectivity index (χ0n) is 14.0. The number of rotatable bonds is 7. The molecular formula is C17H26ClN3O3. The highest BCUT2D eigenvalue weighted by Gasteiger charge is 2.22. The number of nitrogens with zero attached hydrogens (tertiary/aromatic N) is 1. The van der Waals surface area contributed by atoms with Crippen molar-refractivity contribution >= 4 is 24.2 Å². The number of carbonyl (C=O) groups is 2. The molecule has 0 aliphatic carbocycles. The zero-order valence-corrected chi connectivity index (χ0v) is 14.8. The van der Waals surface area contributed by atoms with Crippen molar-refractivity contribution in [1.29, 1.82) is 0 Å². The number of benzene rings is 1. The van der Waals surface area contributed by atoms with E-state index < -0.39 is 5.91 Å². The summed E-state index contributed by atoms with van der Waals surface area (Å²) in [5.74, 6) is 0.797. The average Bonchev–Trinajstić information content (AvgIpc) is 2.58. The number of primary amides is 1. The fraction of sp³-hybridized carbons (Fsp3) is 0.529. The lowest BCUT2D eigenvalue weighted by molar-refractivity contribution is -0.134. The van der Waals surface area contributed by atoms with Gasteiger partial charge in [-0.1, -0.05) is 0 Å². The summed E-state index contributed by atoms with van der Waals surface area (Å²) < 4.78 is 5.49. The maximum Gasteiger partial charge on any atom is 0.260 e. The Bertz CT molecular complexity index is 528. The van der Waals surface area contributed by atoms with Crippen LogP contribution in [0.1, 0.15) is 29.6 Å². The molecule has 0 atom stereocenters. The molecule has 1 aromatic rings. The Morgan fingerprint density at radius 2 is 1.88 bits per heavy atom. The standard InChI is InChI=1S/C17H25N3O3.ClH/c1-19-9-6-13-7-10-20(11-8-13)16(21)12-23-15-4-2-14(3-5-15)17(18)22;/h2-5,13,19H,6-12H2,1H3,(H2,18,22);1H. The van der Waals surface area contributed by atoms with Crippen molar-refractivity contribution in [3.63, 3.8) is 0 Å². The smallest absolute Gasteiger partial charge is 0.260 e. The molecule has 1 fully saturated rings. The van der Waals surface area contributed by atoms with Gasteiger partial charge < -0.3 is 20.7 Å². The van der Waals surface area contributed by atoms with Gasteiger partial charge in [0.2, 0.25) is 5.91 Å². The van der Waals surface area contributed by atoms with Gasteiger partial charge in [0.15, 0.2) is 6.61 Å². The number of amides is 2. The van der Waals surface area contributed by atoms with Crippen LogP contribution in [0.5, 0.6) is 5.75 Å². The van der Waals surface area contributed by atoms with E-state index in [2.05, 4.69) is 5.32 Å². The first-order chi connectivity index (χ1) is 11.1. The molecule has 0 radical (unpaired) electrons. The van der Waals surface area contributed by atoms with Crippen molar-refractivity contribution in [2.75, 3.05) is 33.3 Å². The van der Waals surface area contributed by atoms with Crippen molar-refractivity contribution in [3.8, 4) is 5.75 Å². The van der Waals surface area contributed by atoms with E-state index in [1.807, 2.05) is 11.9 Å². The lowest BCUT2D eigenvalue weighted by Gasteiger charge is -2.32. The third-order valence-corrected chi connectivity index (χ3v) is 4.27. The Balaban J connectivity index is 0.00000288. The molecule has 1 aliphatic rings. The molecule has 1 saturated heterocycles. The minimum Gasteiger partial charge on any atom is -0.484 e. The van der Waals surface area contributed by atoms with Crippen LogP contribution in [0, 0.1) is 5.92 Å². The Hall–Kier alpha value is -1.79. The lowest BCUT2D eigenvalue weighted by atomic mass is 9.93. The summed E-state index contributed by atoms with van der Waals surface area (Å²) >= 11 is 0. The van der Waals surface area contributed by atoms with Crippen LogP contribution in [0.4, 0.5) is 0 Å². The molecule has 0 unspecified atom stereocenters. The minimum atomic E-state index is -0.478. The first kappa shape index (κ1) is 20.3. The van der Waals surface area contributed by atoms with Crippen LogP contribution >= 0.6 is 12.4 Å². The average molecular weight is 356 g/mol. The molecule has 134 valence electrons. The largest absolute Gasteiger partial charge is 0.484 e. The normalized spacial score (nSPS) is 14.8. The van der Waals surface area contributed by atoms with E-state index in [-0.39, 0.29) is 24.9 Å².